The number of aryl methyl sites for hydroxylation is 1. The van der Waals surface area contributed by atoms with Crippen LogP contribution < -0.4 is 4.74 Å². The average molecular weight is 242 g/mol. The van der Waals surface area contributed by atoms with Crippen molar-refractivity contribution in [2.24, 2.45) is 7.05 Å². The third-order valence-corrected chi connectivity index (χ3v) is 2.22. The molecule has 6 heteroatoms. The summed E-state index contributed by atoms with van der Waals surface area (Å²) in [5.41, 5.74) is 0.505. The van der Waals surface area contributed by atoms with Gasteiger partial charge in [0.2, 0.25) is 5.88 Å². The lowest BCUT2D eigenvalue weighted by atomic mass is 10.3. The van der Waals surface area contributed by atoms with Crippen molar-refractivity contribution in [2.45, 2.75) is 5.88 Å². The Kier molecular flexibility index (Phi) is 3.05. The topological polar surface area (TPSA) is 39.9 Å². The zero-order valence-corrected chi connectivity index (χ0v) is 9.28. The maximum Gasteiger partial charge on any atom is 0.223 e. The highest BCUT2D eigenvalue weighted by Crippen LogP contribution is 2.24. The Morgan fingerprint density at radius 1 is 1.50 bits per heavy atom. The molecule has 84 valence electrons. The van der Waals surface area contributed by atoms with Crippen LogP contribution in [0.4, 0.5) is 4.39 Å². The third-order valence-electron chi connectivity index (χ3n) is 1.93. The molecule has 0 fully saturated rings. The van der Waals surface area contributed by atoms with E-state index >= 15 is 0 Å². The van der Waals surface area contributed by atoms with Crippen LogP contribution in [0, 0.1) is 5.82 Å². The third kappa shape index (κ3) is 2.30. The van der Waals surface area contributed by atoms with Crippen molar-refractivity contribution in [1.82, 2.24) is 14.8 Å². The SMILES string of the molecule is Cn1cc(Oc2ncc(F)cc2CCl)cn1. The fourth-order valence-electron chi connectivity index (χ4n) is 1.22. The van der Waals surface area contributed by atoms with E-state index in [1.165, 1.54) is 6.07 Å². The molecule has 0 radical (unpaired) electrons. The molecule has 0 aliphatic rings. The molecule has 0 aliphatic carbocycles. The quantitative estimate of drug-likeness (QED) is 0.775. The fourth-order valence-corrected chi connectivity index (χ4v) is 1.41. The fraction of sp³-hybridized carbons (Fsp3) is 0.200. The number of hydrogen-bond donors (Lipinski definition) is 0. The number of ether oxygens (including phenoxy) is 1. The van der Waals surface area contributed by atoms with E-state index in [9.17, 15) is 4.39 Å². The Hall–Kier alpha value is -1.62. The molecule has 0 saturated heterocycles. The number of hydrogen-bond acceptors (Lipinski definition) is 3. The van der Waals surface area contributed by atoms with E-state index in [1.54, 1.807) is 24.1 Å². The molecule has 2 heterocycles. The summed E-state index contributed by atoms with van der Waals surface area (Å²) in [5.74, 6) is 0.534. The van der Waals surface area contributed by atoms with Crippen LogP contribution in [0.2, 0.25) is 0 Å². The van der Waals surface area contributed by atoms with Gasteiger partial charge in [-0.25, -0.2) is 9.37 Å². The van der Waals surface area contributed by atoms with Crippen LogP contribution in [0.25, 0.3) is 0 Å². The van der Waals surface area contributed by atoms with Crippen molar-refractivity contribution >= 4 is 11.6 Å². The van der Waals surface area contributed by atoms with E-state index in [1.807, 2.05) is 0 Å². The van der Waals surface area contributed by atoms with Gasteiger partial charge in [0.1, 0.15) is 5.82 Å². The second-order valence-electron chi connectivity index (χ2n) is 3.20. The van der Waals surface area contributed by atoms with Gasteiger partial charge >= 0.3 is 0 Å². The highest BCUT2D eigenvalue weighted by atomic mass is 35.5. The predicted octanol–water partition coefficient (Wildman–Crippen LogP) is 2.49. The van der Waals surface area contributed by atoms with Gasteiger partial charge in [-0.3, -0.25) is 4.68 Å². The zero-order valence-electron chi connectivity index (χ0n) is 8.52. The monoisotopic (exact) mass is 241 g/mol. The van der Waals surface area contributed by atoms with Crippen molar-refractivity contribution in [3.05, 3.63) is 36.0 Å². The molecule has 0 amide bonds. The van der Waals surface area contributed by atoms with Crippen molar-refractivity contribution in [3.63, 3.8) is 0 Å². The minimum Gasteiger partial charge on any atom is -0.435 e. The van der Waals surface area contributed by atoms with E-state index in [0.717, 1.165) is 6.20 Å². The maximum atomic E-state index is 12.9. The van der Waals surface area contributed by atoms with Crippen molar-refractivity contribution in [3.8, 4) is 11.6 Å². The average Bonchev–Trinajstić information content (AvgIpc) is 2.67. The van der Waals surface area contributed by atoms with Crippen LogP contribution in [0.5, 0.6) is 11.6 Å². The lowest BCUT2D eigenvalue weighted by Crippen LogP contribution is -1.93. The van der Waals surface area contributed by atoms with Gasteiger partial charge in [-0.1, -0.05) is 0 Å². The van der Waals surface area contributed by atoms with Gasteiger partial charge in [0, 0.05) is 12.6 Å². The Labute approximate surface area is 96.6 Å². The minimum absolute atomic E-state index is 0.139. The second kappa shape index (κ2) is 4.49. The van der Waals surface area contributed by atoms with Gasteiger partial charge in [-0.15, -0.1) is 11.6 Å². The number of aromatic nitrogens is 3. The zero-order chi connectivity index (χ0) is 11.5. The molecule has 0 N–H and O–H groups in total. The molecule has 2 aromatic rings. The second-order valence-corrected chi connectivity index (χ2v) is 3.47. The number of alkyl halides is 1. The Balaban J connectivity index is 2.27. The Morgan fingerprint density at radius 2 is 2.31 bits per heavy atom. The van der Waals surface area contributed by atoms with Crippen molar-refractivity contribution in [1.29, 1.82) is 0 Å². The molecule has 2 rings (SSSR count). The number of pyridine rings is 1. The molecular weight excluding hydrogens is 233 g/mol. The normalized spacial score (nSPS) is 10.4. The van der Waals surface area contributed by atoms with Crippen LogP contribution in [-0.2, 0) is 12.9 Å². The molecule has 0 aromatic carbocycles. The highest BCUT2D eigenvalue weighted by molar-refractivity contribution is 6.17. The van der Waals surface area contributed by atoms with Crippen molar-refractivity contribution < 1.29 is 9.13 Å². The summed E-state index contributed by atoms with van der Waals surface area (Å²) in [4.78, 5) is 3.83. The minimum atomic E-state index is -0.436. The molecule has 0 atom stereocenters. The van der Waals surface area contributed by atoms with Gasteiger partial charge in [0.15, 0.2) is 5.75 Å². The summed E-state index contributed by atoms with van der Waals surface area (Å²) in [5, 5.41) is 3.94. The van der Waals surface area contributed by atoms with Crippen molar-refractivity contribution in [2.75, 3.05) is 0 Å². The molecular formula is C10H9ClFN3O. The van der Waals surface area contributed by atoms with Gasteiger partial charge in [-0.05, 0) is 6.07 Å². The van der Waals surface area contributed by atoms with Crippen LogP contribution in [-0.4, -0.2) is 14.8 Å². The molecule has 0 spiro atoms. The first kappa shape index (κ1) is 10.9. The van der Waals surface area contributed by atoms with E-state index < -0.39 is 5.82 Å². The van der Waals surface area contributed by atoms with Gasteiger partial charge in [0.05, 0.1) is 24.5 Å². The standard InChI is InChI=1S/C10H9ClFN3O/c1-15-6-9(5-14-15)16-10-7(3-11)2-8(12)4-13-10/h2,4-6H,3H2,1H3. The lowest BCUT2D eigenvalue weighted by molar-refractivity contribution is 0.453. The summed E-state index contributed by atoms with van der Waals surface area (Å²) in [6.07, 6.45) is 4.31. The predicted molar refractivity (Wildman–Crippen MR) is 57.0 cm³/mol. The summed E-state index contributed by atoms with van der Waals surface area (Å²) < 4.78 is 19.9. The van der Waals surface area contributed by atoms with Gasteiger partial charge in [-0.2, -0.15) is 5.10 Å². The summed E-state index contributed by atoms with van der Waals surface area (Å²) in [6, 6.07) is 1.30. The molecule has 0 bridgehead atoms. The number of rotatable bonds is 3. The van der Waals surface area contributed by atoms with Crippen LogP contribution in [0.1, 0.15) is 5.56 Å². The number of halogens is 2. The van der Waals surface area contributed by atoms with Crippen LogP contribution >= 0.6 is 11.6 Å². The molecule has 0 saturated carbocycles. The Morgan fingerprint density at radius 3 is 2.94 bits per heavy atom. The molecule has 16 heavy (non-hydrogen) atoms. The smallest absolute Gasteiger partial charge is 0.223 e. The first-order valence-corrected chi connectivity index (χ1v) is 5.09. The summed E-state index contributed by atoms with van der Waals surface area (Å²) in [7, 11) is 1.77. The first-order valence-electron chi connectivity index (χ1n) is 4.56. The summed E-state index contributed by atoms with van der Waals surface area (Å²) >= 11 is 5.67. The molecule has 0 aliphatic heterocycles. The Bertz CT molecular complexity index is 501. The van der Waals surface area contributed by atoms with E-state index in [0.29, 0.717) is 17.2 Å². The van der Waals surface area contributed by atoms with E-state index in [4.69, 9.17) is 16.3 Å². The highest BCUT2D eigenvalue weighted by Gasteiger charge is 2.08. The summed E-state index contributed by atoms with van der Waals surface area (Å²) in [6.45, 7) is 0. The maximum absolute atomic E-state index is 12.9. The lowest BCUT2D eigenvalue weighted by Gasteiger charge is -2.05. The van der Waals surface area contributed by atoms with Gasteiger partial charge < -0.3 is 4.74 Å². The molecule has 4 nitrogen and oxygen atoms in total. The molecule has 2 aromatic heterocycles. The molecule has 0 unspecified atom stereocenters. The largest absolute Gasteiger partial charge is 0.435 e. The van der Waals surface area contributed by atoms with E-state index in [2.05, 4.69) is 10.1 Å². The first-order chi connectivity index (χ1) is 7.69. The van der Waals surface area contributed by atoms with E-state index in [-0.39, 0.29) is 5.88 Å². The van der Waals surface area contributed by atoms with Crippen LogP contribution in [0.15, 0.2) is 24.7 Å². The number of nitrogens with zero attached hydrogens (tertiary/aromatic N) is 3. The van der Waals surface area contributed by atoms with Gasteiger partial charge in [0.25, 0.3) is 0 Å². The van der Waals surface area contributed by atoms with Crippen LogP contribution in [0.3, 0.4) is 0 Å².